The van der Waals surface area contributed by atoms with Gasteiger partial charge in [0.25, 0.3) is 0 Å². The van der Waals surface area contributed by atoms with Gasteiger partial charge in [-0.3, -0.25) is 4.79 Å². The highest BCUT2D eigenvalue weighted by molar-refractivity contribution is 7.10. The van der Waals surface area contributed by atoms with Gasteiger partial charge in [-0.25, -0.2) is 0 Å². The van der Waals surface area contributed by atoms with Crippen molar-refractivity contribution < 1.29 is 4.79 Å². The summed E-state index contributed by atoms with van der Waals surface area (Å²) in [6, 6.07) is 4.17. The summed E-state index contributed by atoms with van der Waals surface area (Å²) in [5, 5.41) is 2.01. The van der Waals surface area contributed by atoms with E-state index in [-0.39, 0.29) is 11.9 Å². The van der Waals surface area contributed by atoms with Crippen LogP contribution in [0.25, 0.3) is 0 Å². The van der Waals surface area contributed by atoms with E-state index in [0.717, 1.165) is 17.8 Å². The number of nitrogens with two attached hydrogens (primary N) is 1. The fraction of sp³-hybridized carbons (Fsp3) is 0.583. The second-order valence-corrected chi connectivity index (χ2v) is 5.85. The van der Waals surface area contributed by atoms with Crippen LogP contribution in [-0.2, 0) is 10.2 Å². The van der Waals surface area contributed by atoms with E-state index >= 15 is 0 Å². The van der Waals surface area contributed by atoms with E-state index in [4.69, 9.17) is 5.73 Å². The maximum atomic E-state index is 12.4. The first-order valence-corrected chi connectivity index (χ1v) is 6.48. The molecule has 2 heterocycles. The minimum Gasteiger partial charge on any atom is -0.340 e. The Hall–Kier alpha value is -0.870. The number of hydrogen-bond acceptors (Lipinski definition) is 3. The molecular formula is C12H18N2OS. The van der Waals surface area contributed by atoms with Gasteiger partial charge < -0.3 is 10.6 Å². The first-order valence-electron chi connectivity index (χ1n) is 5.61. The van der Waals surface area contributed by atoms with Crippen molar-refractivity contribution in [1.29, 1.82) is 0 Å². The van der Waals surface area contributed by atoms with Gasteiger partial charge >= 0.3 is 0 Å². The average molecular weight is 238 g/mol. The molecule has 1 saturated heterocycles. The van der Waals surface area contributed by atoms with E-state index in [2.05, 4.69) is 0 Å². The standard InChI is InChI=1S/C12H18N2OS/c1-12(2,10-4-3-7-16-10)11(15)14-6-5-9(13)8-14/h3-4,7,9H,5-6,8,13H2,1-2H3/t9-/m1/s1. The molecule has 1 aliphatic heterocycles. The molecule has 2 N–H and O–H groups in total. The van der Waals surface area contributed by atoms with Gasteiger partial charge in [-0.05, 0) is 31.7 Å². The van der Waals surface area contributed by atoms with Gasteiger partial charge in [0, 0.05) is 24.0 Å². The van der Waals surface area contributed by atoms with Gasteiger partial charge in [-0.2, -0.15) is 0 Å². The summed E-state index contributed by atoms with van der Waals surface area (Å²) in [4.78, 5) is 15.4. The Bertz CT molecular complexity index is 372. The first-order chi connectivity index (χ1) is 7.51. The maximum absolute atomic E-state index is 12.4. The van der Waals surface area contributed by atoms with Crippen molar-refractivity contribution in [1.82, 2.24) is 4.90 Å². The van der Waals surface area contributed by atoms with Crippen LogP contribution in [0.3, 0.4) is 0 Å². The number of carbonyl (C=O) groups excluding carboxylic acids is 1. The third-order valence-corrected chi connectivity index (χ3v) is 4.38. The largest absolute Gasteiger partial charge is 0.340 e. The zero-order valence-electron chi connectivity index (χ0n) is 9.77. The Kier molecular flexibility index (Phi) is 3.04. The second kappa shape index (κ2) is 4.18. The summed E-state index contributed by atoms with van der Waals surface area (Å²) in [5.74, 6) is 0.197. The monoisotopic (exact) mass is 238 g/mol. The van der Waals surface area contributed by atoms with Gasteiger partial charge in [0.2, 0.25) is 5.91 Å². The van der Waals surface area contributed by atoms with Gasteiger partial charge in [0.05, 0.1) is 5.41 Å². The second-order valence-electron chi connectivity index (χ2n) is 4.90. The lowest BCUT2D eigenvalue weighted by molar-refractivity contribution is -0.135. The van der Waals surface area contributed by atoms with Gasteiger partial charge in [-0.15, -0.1) is 11.3 Å². The van der Waals surface area contributed by atoms with Gasteiger partial charge in [0.15, 0.2) is 0 Å². The Morgan fingerprint density at radius 2 is 2.38 bits per heavy atom. The lowest BCUT2D eigenvalue weighted by Crippen LogP contribution is -2.42. The quantitative estimate of drug-likeness (QED) is 0.850. The lowest BCUT2D eigenvalue weighted by atomic mass is 9.90. The fourth-order valence-corrected chi connectivity index (χ4v) is 2.95. The van der Waals surface area contributed by atoms with Crippen molar-refractivity contribution in [2.45, 2.75) is 31.7 Å². The predicted octanol–water partition coefficient (Wildman–Crippen LogP) is 1.59. The van der Waals surface area contributed by atoms with E-state index in [1.54, 1.807) is 11.3 Å². The molecule has 1 atom stereocenters. The molecule has 1 aromatic heterocycles. The van der Waals surface area contributed by atoms with Gasteiger partial charge in [0.1, 0.15) is 0 Å². The fourth-order valence-electron chi connectivity index (χ4n) is 2.11. The van der Waals surface area contributed by atoms with Crippen LogP contribution in [0.4, 0.5) is 0 Å². The number of carbonyl (C=O) groups is 1. The molecular weight excluding hydrogens is 220 g/mol. The van der Waals surface area contributed by atoms with Crippen LogP contribution in [0.1, 0.15) is 25.1 Å². The Labute approximate surface area is 100 Å². The molecule has 0 bridgehead atoms. The third-order valence-electron chi connectivity index (χ3n) is 3.18. The summed E-state index contributed by atoms with van der Waals surface area (Å²) in [5.41, 5.74) is 5.42. The first kappa shape index (κ1) is 11.6. The third kappa shape index (κ3) is 1.99. The summed E-state index contributed by atoms with van der Waals surface area (Å²) in [6.07, 6.45) is 0.923. The molecule has 1 amide bonds. The molecule has 0 aliphatic carbocycles. The van der Waals surface area contributed by atoms with Crippen LogP contribution in [0.15, 0.2) is 17.5 Å². The molecule has 0 radical (unpaired) electrons. The van der Waals surface area contributed by atoms with Crippen LogP contribution in [-0.4, -0.2) is 29.9 Å². The molecule has 0 aromatic carbocycles. The van der Waals surface area contributed by atoms with Crippen LogP contribution < -0.4 is 5.73 Å². The topological polar surface area (TPSA) is 46.3 Å². The van der Waals surface area contributed by atoms with Crippen molar-refractivity contribution in [2.24, 2.45) is 5.73 Å². The number of amides is 1. The molecule has 4 heteroatoms. The van der Waals surface area contributed by atoms with Crippen molar-refractivity contribution in [2.75, 3.05) is 13.1 Å². The molecule has 0 spiro atoms. The number of likely N-dealkylation sites (tertiary alicyclic amines) is 1. The van der Waals surface area contributed by atoms with Crippen molar-refractivity contribution in [3.05, 3.63) is 22.4 Å². The highest BCUT2D eigenvalue weighted by Crippen LogP contribution is 2.30. The number of nitrogens with zero attached hydrogens (tertiary/aromatic N) is 1. The van der Waals surface area contributed by atoms with Crippen LogP contribution in [0.2, 0.25) is 0 Å². The molecule has 0 unspecified atom stereocenters. The number of thiophene rings is 1. The molecule has 0 saturated carbocycles. The normalized spacial score (nSPS) is 21.4. The van der Waals surface area contributed by atoms with E-state index in [9.17, 15) is 4.79 Å². The Morgan fingerprint density at radius 1 is 1.62 bits per heavy atom. The number of rotatable bonds is 2. The summed E-state index contributed by atoms with van der Waals surface area (Å²) < 4.78 is 0. The zero-order valence-corrected chi connectivity index (χ0v) is 10.6. The van der Waals surface area contributed by atoms with E-state index in [1.807, 2.05) is 36.3 Å². The molecule has 1 aromatic rings. The summed E-state index contributed by atoms with van der Waals surface area (Å²) in [6.45, 7) is 5.48. The zero-order chi connectivity index (χ0) is 11.8. The minimum absolute atomic E-state index is 0.156. The predicted molar refractivity (Wildman–Crippen MR) is 66.5 cm³/mol. The molecule has 1 aliphatic rings. The maximum Gasteiger partial charge on any atom is 0.233 e. The minimum atomic E-state index is -0.418. The van der Waals surface area contributed by atoms with Crippen molar-refractivity contribution in [3.8, 4) is 0 Å². The summed E-state index contributed by atoms with van der Waals surface area (Å²) in [7, 11) is 0. The average Bonchev–Trinajstić information content (AvgIpc) is 2.86. The molecule has 1 fully saturated rings. The highest BCUT2D eigenvalue weighted by atomic mass is 32.1. The van der Waals surface area contributed by atoms with Crippen LogP contribution in [0.5, 0.6) is 0 Å². The SMILES string of the molecule is CC(C)(C(=O)N1CC[C@@H](N)C1)c1cccs1. The Morgan fingerprint density at radius 3 is 2.88 bits per heavy atom. The molecule has 16 heavy (non-hydrogen) atoms. The van der Waals surface area contributed by atoms with E-state index in [1.165, 1.54) is 0 Å². The number of hydrogen-bond donors (Lipinski definition) is 1. The smallest absolute Gasteiger partial charge is 0.233 e. The summed E-state index contributed by atoms with van der Waals surface area (Å²) >= 11 is 1.64. The molecule has 2 rings (SSSR count). The highest BCUT2D eigenvalue weighted by Gasteiger charge is 2.36. The van der Waals surface area contributed by atoms with Gasteiger partial charge in [-0.1, -0.05) is 6.07 Å². The van der Waals surface area contributed by atoms with E-state index in [0.29, 0.717) is 6.54 Å². The van der Waals surface area contributed by atoms with E-state index < -0.39 is 5.41 Å². The Balaban J connectivity index is 2.15. The van der Waals surface area contributed by atoms with Crippen LogP contribution in [0, 0.1) is 0 Å². The molecule has 3 nitrogen and oxygen atoms in total. The van der Waals surface area contributed by atoms with Crippen LogP contribution >= 0.6 is 11.3 Å². The van der Waals surface area contributed by atoms with Crippen molar-refractivity contribution >= 4 is 17.2 Å². The van der Waals surface area contributed by atoms with Crippen molar-refractivity contribution in [3.63, 3.8) is 0 Å². The molecule has 88 valence electrons. The lowest BCUT2D eigenvalue weighted by Gasteiger charge is -2.28.